The molecule has 94 valence electrons. The SMILES string of the molecule is COC1(C)CCCN(c2nc(N)ncc2C)C1. The lowest BCUT2D eigenvalue weighted by Crippen LogP contribution is -2.48. The number of anilines is 2. The number of aromatic nitrogens is 2. The van der Waals surface area contributed by atoms with E-state index < -0.39 is 0 Å². The molecule has 2 N–H and O–H groups in total. The van der Waals surface area contributed by atoms with Crippen LogP contribution >= 0.6 is 0 Å². The second-order valence-electron chi connectivity index (χ2n) is 4.91. The van der Waals surface area contributed by atoms with E-state index in [1.165, 1.54) is 0 Å². The zero-order valence-electron chi connectivity index (χ0n) is 10.7. The van der Waals surface area contributed by atoms with Crippen molar-refractivity contribution < 1.29 is 4.74 Å². The van der Waals surface area contributed by atoms with Gasteiger partial charge >= 0.3 is 0 Å². The molecule has 1 saturated heterocycles. The van der Waals surface area contributed by atoms with Crippen LogP contribution in [0, 0.1) is 6.92 Å². The van der Waals surface area contributed by atoms with E-state index in [9.17, 15) is 0 Å². The van der Waals surface area contributed by atoms with Gasteiger partial charge in [0.2, 0.25) is 5.95 Å². The standard InChI is InChI=1S/C12H20N4O/c1-9-7-14-11(13)15-10(9)16-6-4-5-12(2,8-16)17-3/h7H,4-6,8H2,1-3H3,(H2,13,14,15). The van der Waals surface area contributed by atoms with Crippen LogP contribution in [0.5, 0.6) is 0 Å². The third-order valence-corrected chi connectivity index (χ3v) is 3.41. The van der Waals surface area contributed by atoms with Crippen molar-refractivity contribution in [3.8, 4) is 0 Å². The summed E-state index contributed by atoms with van der Waals surface area (Å²) in [6, 6.07) is 0. The van der Waals surface area contributed by atoms with Gasteiger partial charge in [-0.2, -0.15) is 4.98 Å². The van der Waals surface area contributed by atoms with Gasteiger partial charge in [-0.25, -0.2) is 4.98 Å². The number of ether oxygens (including phenoxy) is 1. The third-order valence-electron chi connectivity index (χ3n) is 3.41. The van der Waals surface area contributed by atoms with Gasteiger partial charge in [-0.15, -0.1) is 0 Å². The van der Waals surface area contributed by atoms with Gasteiger partial charge in [-0.1, -0.05) is 0 Å². The van der Waals surface area contributed by atoms with Crippen LogP contribution in [0.2, 0.25) is 0 Å². The zero-order valence-corrected chi connectivity index (χ0v) is 10.7. The summed E-state index contributed by atoms with van der Waals surface area (Å²) < 4.78 is 5.58. The number of hydrogen-bond acceptors (Lipinski definition) is 5. The number of methoxy groups -OCH3 is 1. The summed E-state index contributed by atoms with van der Waals surface area (Å²) in [6.45, 7) is 5.99. The predicted molar refractivity (Wildman–Crippen MR) is 68.0 cm³/mol. The molecule has 0 radical (unpaired) electrons. The molecule has 0 aromatic carbocycles. The van der Waals surface area contributed by atoms with E-state index >= 15 is 0 Å². The Morgan fingerprint density at radius 3 is 3.00 bits per heavy atom. The first-order valence-corrected chi connectivity index (χ1v) is 5.93. The van der Waals surface area contributed by atoms with Crippen LogP contribution in [-0.4, -0.2) is 35.8 Å². The Labute approximate surface area is 102 Å². The highest BCUT2D eigenvalue weighted by molar-refractivity contribution is 5.48. The Balaban J connectivity index is 2.24. The summed E-state index contributed by atoms with van der Waals surface area (Å²) in [5.41, 5.74) is 6.62. The van der Waals surface area contributed by atoms with Crippen molar-refractivity contribution >= 4 is 11.8 Å². The Morgan fingerprint density at radius 2 is 2.29 bits per heavy atom. The average Bonchev–Trinajstić information content (AvgIpc) is 2.32. The minimum Gasteiger partial charge on any atom is -0.377 e. The first-order valence-electron chi connectivity index (χ1n) is 5.93. The highest BCUT2D eigenvalue weighted by Crippen LogP contribution is 2.28. The first-order chi connectivity index (χ1) is 8.04. The van der Waals surface area contributed by atoms with Gasteiger partial charge in [-0.3, -0.25) is 0 Å². The maximum atomic E-state index is 5.65. The summed E-state index contributed by atoms with van der Waals surface area (Å²) in [5, 5.41) is 0. The van der Waals surface area contributed by atoms with Crippen LogP contribution in [0.1, 0.15) is 25.3 Å². The number of hydrogen-bond donors (Lipinski definition) is 1. The number of nitrogens with zero attached hydrogens (tertiary/aromatic N) is 3. The molecule has 2 heterocycles. The molecule has 0 amide bonds. The van der Waals surface area contributed by atoms with E-state index in [1.54, 1.807) is 13.3 Å². The number of aryl methyl sites for hydroxylation is 1. The topological polar surface area (TPSA) is 64.3 Å². The van der Waals surface area contributed by atoms with Crippen molar-refractivity contribution in [1.82, 2.24) is 9.97 Å². The van der Waals surface area contributed by atoms with Crippen LogP contribution < -0.4 is 10.6 Å². The molecular weight excluding hydrogens is 216 g/mol. The Bertz CT molecular complexity index is 409. The van der Waals surface area contributed by atoms with Crippen molar-refractivity contribution in [3.05, 3.63) is 11.8 Å². The monoisotopic (exact) mass is 236 g/mol. The largest absolute Gasteiger partial charge is 0.377 e. The third kappa shape index (κ3) is 2.49. The van der Waals surface area contributed by atoms with Gasteiger partial charge in [0.1, 0.15) is 5.82 Å². The van der Waals surface area contributed by atoms with Crippen LogP contribution in [0.4, 0.5) is 11.8 Å². The van der Waals surface area contributed by atoms with Crippen molar-refractivity contribution in [2.45, 2.75) is 32.3 Å². The lowest BCUT2D eigenvalue weighted by Gasteiger charge is -2.40. The van der Waals surface area contributed by atoms with Gasteiger partial charge in [-0.05, 0) is 26.7 Å². The summed E-state index contributed by atoms with van der Waals surface area (Å²) >= 11 is 0. The van der Waals surface area contributed by atoms with E-state index in [0.29, 0.717) is 5.95 Å². The number of rotatable bonds is 2. The Hall–Kier alpha value is -1.36. The minimum atomic E-state index is -0.0929. The molecule has 1 fully saturated rings. The summed E-state index contributed by atoms with van der Waals surface area (Å²) in [7, 11) is 1.77. The highest BCUT2D eigenvalue weighted by Gasteiger charge is 2.31. The Morgan fingerprint density at radius 1 is 1.53 bits per heavy atom. The van der Waals surface area contributed by atoms with Crippen molar-refractivity contribution in [3.63, 3.8) is 0 Å². The van der Waals surface area contributed by atoms with Crippen molar-refractivity contribution in [1.29, 1.82) is 0 Å². The fourth-order valence-electron chi connectivity index (χ4n) is 2.32. The molecule has 0 saturated carbocycles. The maximum absolute atomic E-state index is 5.65. The summed E-state index contributed by atoms with van der Waals surface area (Å²) in [5.74, 6) is 1.26. The molecule has 0 spiro atoms. The Kier molecular flexibility index (Phi) is 3.19. The maximum Gasteiger partial charge on any atom is 0.221 e. The molecule has 1 aromatic rings. The highest BCUT2D eigenvalue weighted by atomic mass is 16.5. The molecule has 1 aliphatic heterocycles. The number of nitrogens with two attached hydrogens (primary N) is 1. The van der Waals surface area contributed by atoms with Crippen LogP contribution in [-0.2, 0) is 4.74 Å². The van der Waals surface area contributed by atoms with Gasteiger partial charge in [0.15, 0.2) is 0 Å². The van der Waals surface area contributed by atoms with E-state index in [-0.39, 0.29) is 5.60 Å². The van der Waals surface area contributed by atoms with E-state index in [2.05, 4.69) is 21.8 Å². The van der Waals surface area contributed by atoms with Gasteiger partial charge in [0.25, 0.3) is 0 Å². The average molecular weight is 236 g/mol. The zero-order chi connectivity index (χ0) is 12.5. The summed E-state index contributed by atoms with van der Waals surface area (Å²) in [6.07, 6.45) is 3.96. The molecule has 5 heteroatoms. The fourth-order valence-corrected chi connectivity index (χ4v) is 2.32. The van der Waals surface area contributed by atoms with Crippen molar-refractivity contribution in [2.24, 2.45) is 0 Å². The molecule has 17 heavy (non-hydrogen) atoms. The number of piperidine rings is 1. The molecule has 0 aliphatic carbocycles. The smallest absolute Gasteiger partial charge is 0.221 e. The van der Waals surface area contributed by atoms with Crippen molar-refractivity contribution in [2.75, 3.05) is 30.8 Å². The predicted octanol–water partition coefficient (Wildman–Crippen LogP) is 1.37. The fraction of sp³-hybridized carbons (Fsp3) is 0.667. The second-order valence-corrected chi connectivity index (χ2v) is 4.91. The lowest BCUT2D eigenvalue weighted by molar-refractivity contribution is -0.00483. The summed E-state index contributed by atoms with van der Waals surface area (Å²) in [4.78, 5) is 10.6. The van der Waals surface area contributed by atoms with Gasteiger partial charge in [0.05, 0.1) is 5.60 Å². The molecule has 1 aliphatic rings. The first kappa shape index (κ1) is 12.1. The normalized spacial score (nSPS) is 25.0. The minimum absolute atomic E-state index is 0.0929. The second kappa shape index (κ2) is 4.49. The van der Waals surface area contributed by atoms with Gasteiger partial charge < -0.3 is 15.4 Å². The molecule has 1 unspecified atom stereocenters. The van der Waals surface area contributed by atoms with E-state index in [0.717, 1.165) is 37.3 Å². The lowest BCUT2D eigenvalue weighted by atomic mass is 9.94. The molecular formula is C12H20N4O. The molecule has 2 rings (SSSR count). The van der Waals surface area contributed by atoms with Crippen LogP contribution in [0.15, 0.2) is 6.20 Å². The van der Waals surface area contributed by atoms with Crippen LogP contribution in [0.25, 0.3) is 0 Å². The number of nitrogen functional groups attached to an aromatic ring is 1. The molecule has 0 bridgehead atoms. The van der Waals surface area contributed by atoms with Gasteiger partial charge in [0, 0.05) is 32.0 Å². The van der Waals surface area contributed by atoms with E-state index in [4.69, 9.17) is 10.5 Å². The molecule has 1 aromatic heterocycles. The molecule has 5 nitrogen and oxygen atoms in total. The van der Waals surface area contributed by atoms with E-state index in [1.807, 2.05) is 6.92 Å². The quantitative estimate of drug-likeness (QED) is 0.840. The molecule has 1 atom stereocenters. The van der Waals surface area contributed by atoms with Crippen LogP contribution in [0.3, 0.4) is 0 Å².